The molecule has 2 atom stereocenters. The second kappa shape index (κ2) is 6.06. The van der Waals surface area contributed by atoms with Crippen LogP contribution in [0.4, 0.5) is 5.82 Å². The molecule has 5 nitrogen and oxygen atoms in total. The van der Waals surface area contributed by atoms with Crippen LogP contribution in [0.5, 0.6) is 0 Å². The van der Waals surface area contributed by atoms with E-state index in [9.17, 15) is 4.79 Å². The lowest BCUT2D eigenvalue weighted by molar-refractivity contribution is 0.0937. The Morgan fingerprint density at radius 1 is 1.50 bits per heavy atom. The summed E-state index contributed by atoms with van der Waals surface area (Å²) in [5.41, 5.74) is 3.00. The van der Waals surface area contributed by atoms with Crippen molar-refractivity contribution >= 4 is 23.5 Å². The average molecular weight is 266 g/mol. The molecule has 1 aromatic heterocycles. The Hall–Kier alpha value is -1.27. The topological polar surface area (TPSA) is 80.0 Å². The summed E-state index contributed by atoms with van der Waals surface area (Å²) in [7, 11) is 0. The highest BCUT2D eigenvalue weighted by molar-refractivity contribution is 7.99. The number of thioether (sulfide) groups is 1. The number of hydrogen-bond donors (Lipinski definition) is 3. The van der Waals surface area contributed by atoms with Gasteiger partial charge in [0, 0.05) is 17.5 Å². The molecule has 1 aromatic rings. The number of amides is 1. The van der Waals surface area contributed by atoms with Crippen LogP contribution in [0.2, 0.25) is 0 Å². The molecule has 0 aliphatic heterocycles. The SMILES string of the molecule is CSC1CCC(NC(=O)c2ccc(NN)nc2)C1. The minimum Gasteiger partial charge on any atom is -0.349 e. The number of carbonyl (C=O) groups is 1. The van der Waals surface area contributed by atoms with E-state index in [1.807, 2.05) is 11.8 Å². The molecule has 1 fully saturated rings. The van der Waals surface area contributed by atoms with Crippen LogP contribution in [0.3, 0.4) is 0 Å². The number of carbonyl (C=O) groups excluding carboxylic acids is 1. The Balaban J connectivity index is 1.91. The third-order valence-corrected chi connectivity index (χ3v) is 4.32. The summed E-state index contributed by atoms with van der Waals surface area (Å²) in [6.45, 7) is 0. The fourth-order valence-corrected chi connectivity index (χ4v) is 2.96. The molecule has 18 heavy (non-hydrogen) atoms. The van der Waals surface area contributed by atoms with Gasteiger partial charge in [-0.05, 0) is 37.7 Å². The molecule has 1 amide bonds. The molecule has 0 radical (unpaired) electrons. The van der Waals surface area contributed by atoms with E-state index in [1.54, 1.807) is 12.1 Å². The van der Waals surface area contributed by atoms with Gasteiger partial charge in [0.15, 0.2) is 0 Å². The highest BCUT2D eigenvalue weighted by Gasteiger charge is 2.25. The van der Waals surface area contributed by atoms with Crippen LogP contribution >= 0.6 is 11.8 Å². The number of rotatable bonds is 4. The summed E-state index contributed by atoms with van der Waals surface area (Å²) in [5.74, 6) is 5.72. The van der Waals surface area contributed by atoms with E-state index in [0.29, 0.717) is 22.7 Å². The van der Waals surface area contributed by atoms with Crippen molar-refractivity contribution < 1.29 is 4.79 Å². The molecule has 0 bridgehead atoms. The van der Waals surface area contributed by atoms with E-state index in [1.165, 1.54) is 12.6 Å². The Bertz CT molecular complexity index is 409. The van der Waals surface area contributed by atoms with Crippen molar-refractivity contribution in [3.05, 3.63) is 23.9 Å². The predicted molar refractivity (Wildman–Crippen MR) is 74.5 cm³/mol. The molecular formula is C12H18N4OS. The first kappa shape index (κ1) is 13.2. The number of hydrogen-bond acceptors (Lipinski definition) is 5. The zero-order chi connectivity index (χ0) is 13.0. The maximum absolute atomic E-state index is 12.0. The molecule has 0 aromatic carbocycles. The standard InChI is InChI=1S/C12H18N4OS/c1-18-10-4-3-9(6-10)15-12(17)8-2-5-11(16-13)14-7-8/h2,5,7,9-10H,3-4,6,13H2,1H3,(H,14,16)(H,15,17). The van der Waals surface area contributed by atoms with Gasteiger partial charge in [0.1, 0.15) is 5.82 Å². The number of anilines is 1. The molecular weight excluding hydrogens is 248 g/mol. The summed E-state index contributed by atoms with van der Waals surface area (Å²) in [6, 6.07) is 3.70. The summed E-state index contributed by atoms with van der Waals surface area (Å²) in [5, 5.41) is 3.73. The molecule has 98 valence electrons. The summed E-state index contributed by atoms with van der Waals surface area (Å²) in [4.78, 5) is 16.0. The van der Waals surface area contributed by atoms with Crippen LogP contribution in [0.25, 0.3) is 0 Å². The van der Waals surface area contributed by atoms with Crippen LogP contribution < -0.4 is 16.6 Å². The van der Waals surface area contributed by atoms with Crippen LogP contribution in [0.1, 0.15) is 29.6 Å². The van der Waals surface area contributed by atoms with Gasteiger partial charge in [-0.1, -0.05) is 0 Å². The molecule has 0 spiro atoms. The Labute approximate surface area is 111 Å². The maximum atomic E-state index is 12.0. The van der Waals surface area contributed by atoms with E-state index in [0.717, 1.165) is 12.8 Å². The first-order chi connectivity index (χ1) is 8.72. The van der Waals surface area contributed by atoms with E-state index in [2.05, 4.69) is 22.0 Å². The molecule has 0 saturated heterocycles. The van der Waals surface area contributed by atoms with Gasteiger partial charge in [-0.3, -0.25) is 4.79 Å². The predicted octanol–water partition coefficient (Wildman–Crippen LogP) is 1.38. The minimum atomic E-state index is -0.0576. The van der Waals surface area contributed by atoms with E-state index < -0.39 is 0 Å². The third-order valence-electron chi connectivity index (χ3n) is 3.23. The molecule has 1 aliphatic rings. The van der Waals surface area contributed by atoms with Crippen molar-refractivity contribution in [3.8, 4) is 0 Å². The minimum absolute atomic E-state index is 0.0576. The zero-order valence-corrected chi connectivity index (χ0v) is 11.2. The van der Waals surface area contributed by atoms with Gasteiger partial charge in [0.05, 0.1) is 5.56 Å². The van der Waals surface area contributed by atoms with E-state index in [4.69, 9.17) is 5.84 Å². The Morgan fingerprint density at radius 3 is 2.89 bits per heavy atom. The number of nitrogens with zero attached hydrogens (tertiary/aromatic N) is 1. The smallest absolute Gasteiger partial charge is 0.253 e. The molecule has 1 heterocycles. The third kappa shape index (κ3) is 3.14. The number of nitrogen functional groups attached to an aromatic ring is 1. The maximum Gasteiger partial charge on any atom is 0.253 e. The Kier molecular flexibility index (Phi) is 4.43. The first-order valence-electron chi connectivity index (χ1n) is 5.99. The number of hydrazine groups is 1. The van der Waals surface area contributed by atoms with Crippen molar-refractivity contribution in [2.24, 2.45) is 5.84 Å². The average Bonchev–Trinajstić information content (AvgIpc) is 2.86. The van der Waals surface area contributed by atoms with Gasteiger partial charge in [-0.2, -0.15) is 11.8 Å². The lowest BCUT2D eigenvalue weighted by Crippen LogP contribution is -2.33. The lowest BCUT2D eigenvalue weighted by Gasteiger charge is -2.12. The van der Waals surface area contributed by atoms with Gasteiger partial charge in [-0.15, -0.1) is 0 Å². The zero-order valence-electron chi connectivity index (χ0n) is 10.3. The van der Waals surface area contributed by atoms with Gasteiger partial charge in [0.25, 0.3) is 5.91 Å². The number of nitrogens with two attached hydrogens (primary N) is 1. The van der Waals surface area contributed by atoms with Crippen molar-refractivity contribution in [1.29, 1.82) is 0 Å². The van der Waals surface area contributed by atoms with Gasteiger partial charge in [-0.25, -0.2) is 10.8 Å². The summed E-state index contributed by atoms with van der Waals surface area (Å²) >= 11 is 1.88. The van der Waals surface area contributed by atoms with Crippen molar-refractivity contribution in [2.45, 2.75) is 30.6 Å². The number of nitrogens with one attached hydrogen (secondary N) is 2. The molecule has 1 aliphatic carbocycles. The Morgan fingerprint density at radius 2 is 2.33 bits per heavy atom. The normalized spacial score (nSPS) is 22.8. The van der Waals surface area contributed by atoms with Crippen molar-refractivity contribution in [3.63, 3.8) is 0 Å². The second-order valence-corrected chi connectivity index (χ2v) is 5.56. The molecule has 2 rings (SSSR count). The highest BCUT2D eigenvalue weighted by Crippen LogP contribution is 2.28. The van der Waals surface area contributed by atoms with E-state index >= 15 is 0 Å². The van der Waals surface area contributed by atoms with Crippen molar-refractivity contribution in [2.75, 3.05) is 11.7 Å². The van der Waals surface area contributed by atoms with Crippen LogP contribution in [-0.2, 0) is 0 Å². The monoisotopic (exact) mass is 266 g/mol. The molecule has 6 heteroatoms. The van der Waals surface area contributed by atoms with Crippen molar-refractivity contribution in [1.82, 2.24) is 10.3 Å². The number of aromatic nitrogens is 1. The first-order valence-corrected chi connectivity index (χ1v) is 7.28. The lowest BCUT2D eigenvalue weighted by atomic mass is 10.2. The molecule has 1 saturated carbocycles. The van der Waals surface area contributed by atoms with Gasteiger partial charge < -0.3 is 10.7 Å². The van der Waals surface area contributed by atoms with Gasteiger partial charge in [0.2, 0.25) is 0 Å². The summed E-state index contributed by atoms with van der Waals surface area (Å²) < 4.78 is 0. The fourth-order valence-electron chi connectivity index (χ4n) is 2.17. The highest BCUT2D eigenvalue weighted by atomic mass is 32.2. The molecule has 2 unspecified atom stereocenters. The fraction of sp³-hybridized carbons (Fsp3) is 0.500. The van der Waals surface area contributed by atoms with E-state index in [-0.39, 0.29) is 5.91 Å². The quantitative estimate of drug-likeness (QED) is 0.567. The van der Waals surface area contributed by atoms with Crippen LogP contribution in [0, 0.1) is 0 Å². The van der Waals surface area contributed by atoms with Crippen LogP contribution in [0.15, 0.2) is 18.3 Å². The molecule has 4 N–H and O–H groups in total. The second-order valence-electron chi connectivity index (χ2n) is 4.42. The number of pyridine rings is 1. The van der Waals surface area contributed by atoms with Crippen LogP contribution in [-0.4, -0.2) is 28.4 Å². The largest absolute Gasteiger partial charge is 0.349 e. The summed E-state index contributed by atoms with van der Waals surface area (Å²) in [6.07, 6.45) is 6.96. The van der Waals surface area contributed by atoms with Gasteiger partial charge >= 0.3 is 0 Å².